The van der Waals surface area contributed by atoms with E-state index in [2.05, 4.69) is 228 Å². The fourth-order valence-electron chi connectivity index (χ4n) is 11.3. The number of rotatable bonds is 8. The first-order valence-electron chi connectivity index (χ1n) is 23.9. The van der Waals surface area contributed by atoms with Gasteiger partial charge in [0.15, 0.2) is 0 Å². The summed E-state index contributed by atoms with van der Waals surface area (Å²) in [7, 11) is 0. The molecule has 1 saturated carbocycles. The second kappa shape index (κ2) is 16.4. The molecule has 0 atom stereocenters. The van der Waals surface area contributed by atoms with E-state index >= 15 is 0 Å². The number of nitrogens with zero attached hydrogens (tertiary/aromatic N) is 2. The standard InChI is InChI=1S/C64H48N2O/c1-3-18-43(19-4-1)51-31-15-20-44-21-16-33-57(63(44)51)54-29-8-10-35-59(54)65(50-27-14-23-47(41-50)52-32-17-34-58-56-30-9-12-37-62(56)67-64(52)58)49-26-13-22-45(40-49)46-38-39-55-53-28-7-11-36-60(53)66(61(55)42-46)48-24-5-2-6-25-48/h2,5-17,20-43H,1,3-4,18-19H2. The lowest BCUT2D eigenvalue weighted by Gasteiger charge is -2.30. The van der Waals surface area contributed by atoms with Crippen LogP contribution in [0.5, 0.6) is 0 Å². The van der Waals surface area contributed by atoms with Crippen molar-refractivity contribution < 1.29 is 4.42 Å². The number of furan rings is 1. The predicted molar refractivity (Wildman–Crippen MR) is 282 cm³/mol. The quantitative estimate of drug-likeness (QED) is 0.152. The van der Waals surface area contributed by atoms with Crippen LogP contribution >= 0.6 is 0 Å². The Morgan fingerprint density at radius 3 is 1.91 bits per heavy atom. The molecule has 3 nitrogen and oxygen atoms in total. The lowest BCUT2D eigenvalue weighted by atomic mass is 9.80. The molecule has 0 spiro atoms. The molecule has 1 aliphatic rings. The van der Waals surface area contributed by atoms with Gasteiger partial charge in [-0.1, -0.05) is 183 Å². The molecule has 0 unspecified atom stereocenters. The van der Waals surface area contributed by atoms with Gasteiger partial charge >= 0.3 is 0 Å². The molecule has 0 radical (unpaired) electrons. The highest BCUT2D eigenvalue weighted by atomic mass is 16.3. The first-order valence-corrected chi connectivity index (χ1v) is 23.9. The van der Waals surface area contributed by atoms with E-state index < -0.39 is 0 Å². The maximum absolute atomic E-state index is 6.62. The largest absolute Gasteiger partial charge is 0.455 e. The molecule has 1 aliphatic carbocycles. The van der Waals surface area contributed by atoms with Crippen molar-refractivity contribution in [2.45, 2.75) is 38.0 Å². The molecule has 12 aromatic rings. The Morgan fingerprint density at radius 1 is 0.418 bits per heavy atom. The van der Waals surface area contributed by atoms with E-state index in [-0.39, 0.29) is 0 Å². The van der Waals surface area contributed by atoms with Gasteiger partial charge in [-0.2, -0.15) is 0 Å². The smallest absolute Gasteiger partial charge is 0.143 e. The van der Waals surface area contributed by atoms with Crippen molar-refractivity contribution in [3.05, 3.63) is 230 Å². The number of para-hydroxylation sites is 5. The van der Waals surface area contributed by atoms with E-state index in [1.165, 1.54) is 86.9 Å². The van der Waals surface area contributed by atoms with Crippen molar-refractivity contribution in [3.63, 3.8) is 0 Å². The van der Waals surface area contributed by atoms with Gasteiger partial charge in [0.05, 0.1) is 16.7 Å². The summed E-state index contributed by atoms with van der Waals surface area (Å²) in [6.45, 7) is 0. The third-order valence-corrected chi connectivity index (χ3v) is 14.4. The van der Waals surface area contributed by atoms with Gasteiger partial charge in [-0.3, -0.25) is 0 Å². The first kappa shape index (κ1) is 39.2. The zero-order valence-corrected chi connectivity index (χ0v) is 37.3. The predicted octanol–water partition coefficient (Wildman–Crippen LogP) is 18.4. The third kappa shape index (κ3) is 6.72. The van der Waals surface area contributed by atoms with Crippen LogP contribution in [0.25, 0.3) is 93.6 Å². The molecule has 2 heterocycles. The van der Waals surface area contributed by atoms with Crippen LogP contribution in [0.2, 0.25) is 0 Å². The molecule has 320 valence electrons. The minimum Gasteiger partial charge on any atom is -0.455 e. The second-order valence-corrected chi connectivity index (χ2v) is 18.2. The van der Waals surface area contributed by atoms with Gasteiger partial charge in [-0.05, 0) is 118 Å². The van der Waals surface area contributed by atoms with Crippen LogP contribution in [0.4, 0.5) is 17.1 Å². The van der Waals surface area contributed by atoms with E-state index in [9.17, 15) is 0 Å². The fraction of sp³-hybridized carbons (Fsp3) is 0.0938. The molecule has 3 heteroatoms. The molecule has 0 amide bonds. The molecule has 0 aliphatic heterocycles. The number of aromatic nitrogens is 1. The van der Waals surface area contributed by atoms with E-state index in [1.54, 1.807) is 0 Å². The Hall–Kier alpha value is -8.14. The first-order chi connectivity index (χ1) is 33.2. The Morgan fingerprint density at radius 2 is 1.04 bits per heavy atom. The van der Waals surface area contributed by atoms with Crippen molar-refractivity contribution in [2.24, 2.45) is 0 Å². The summed E-state index contributed by atoms with van der Waals surface area (Å²) >= 11 is 0. The Labute approximate surface area is 390 Å². The van der Waals surface area contributed by atoms with Crippen LogP contribution < -0.4 is 4.90 Å². The van der Waals surface area contributed by atoms with E-state index in [0.29, 0.717) is 5.92 Å². The van der Waals surface area contributed by atoms with Crippen molar-refractivity contribution in [1.29, 1.82) is 0 Å². The van der Waals surface area contributed by atoms with Gasteiger partial charge in [0.25, 0.3) is 0 Å². The monoisotopic (exact) mass is 860 g/mol. The van der Waals surface area contributed by atoms with Crippen molar-refractivity contribution in [2.75, 3.05) is 4.90 Å². The molecular formula is C64H48N2O. The van der Waals surface area contributed by atoms with Crippen molar-refractivity contribution in [3.8, 4) is 39.1 Å². The van der Waals surface area contributed by atoms with Crippen molar-refractivity contribution in [1.82, 2.24) is 4.57 Å². The molecule has 67 heavy (non-hydrogen) atoms. The molecule has 1 fully saturated rings. The Balaban J connectivity index is 1.02. The fourth-order valence-corrected chi connectivity index (χ4v) is 11.3. The third-order valence-electron chi connectivity index (χ3n) is 14.4. The highest BCUT2D eigenvalue weighted by molar-refractivity contribution is 6.11. The van der Waals surface area contributed by atoms with Crippen LogP contribution in [0.1, 0.15) is 43.6 Å². The van der Waals surface area contributed by atoms with E-state index in [4.69, 9.17) is 4.42 Å². The minimum atomic E-state index is 0.564. The summed E-state index contributed by atoms with van der Waals surface area (Å²) in [5, 5.41) is 7.43. The lowest BCUT2D eigenvalue weighted by molar-refractivity contribution is 0.445. The van der Waals surface area contributed by atoms with Gasteiger partial charge in [0.2, 0.25) is 0 Å². The highest BCUT2D eigenvalue weighted by Crippen LogP contribution is 2.47. The Bertz CT molecular complexity index is 3810. The summed E-state index contributed by atoms with van der Waals surface area (Å²) in [6, 6.07) is 82.3. The molecule has 2 aromatic heterocycles. The number of benzene rings is 10. The SMILES string of the molecule is c1ccc(-n2c3ccccc3c3ccc(-c4cccc(N(c5cccc(-c6cccc7c6oc6ccccc67)c5)c5ccccc5-c5cccc6cccc(C7CCCCC7)c56)c4)cc32)cc1. The average Bonchev–Trinajstić information content (AvgIpc) is 3.95. The number of hydrogen-bond acceptors (Lipinski definition) is 2. The number of anilines is 3. The topological polar surface area (TPSA) is 21.3 Å². The summed E-state index contributed by atoms with van der Waals surface area (Å²) in [6.07, 6.45) is 6.42. The van der Waals surface area contributed by atoms with E-state index in [1.807, 2.05) is 6.07 Å². The van der Waals surface area contributed by atoms with Crippen LogP contribution in [-0.2, 0) is 0 Å². The number of hydrogen-bond donors (Lipinski definition) is 0. The average molecular weight is 861 g/mol. The van der Waals surface area contributed by atoms with E-state index in [0.717, 1.165) is 61.4 Å². The van der Waals surface area contributed by atoms with Crippen molar-refractivity contribution >= 4 is 71.6 Å². The lowest BCUT2D eigenvalue weighted by Crippen LogP contribution is -2.12. The van der Waals surface area contributed by atoms with Gasteiger partial charge in [-0.15, -0.1) is 0 Å². The summed E-state index contributed by atoms with van der Waals surface area (Å²) in [5.74, 6) is 0.564. The van der Waals surface area contributed by atoms with Gasteiger partial charge in [0.1, 0.15) is 11.2 Å². The molecule has 0 saturated heterocycles. The summed E-state index contributed by atoms with van der Waals surface area (Å²) in [4.78, 5) is 2.47. The van der Waals surface area contributed by atoms with Gasteiger partial charge in [0, 0.05) is 49.7 Å². The molecule has 0 bridgehead atoms. The maximum atomic E-state index is 6.62. The van der Waals surface area contributed by atoms with Crippen LogP contribution in [0.3, 0.4) is 0 Å². The zero-order chi connectivity index (χ0) is 44.3. The van der Waals surface area contributed by atoms with Gasteiger partial charge in [-0.25, -0.2) is 0 Å². The number of fused-ring (bicyclic) bond motifs is 7. The summed E-state index contributed by atoms with van der Waals surface area (Å²) < 4.78 is 9.03. The van der Waals surface area contributed by atoms with Gasteiger partial charge < -0.3 is 13.9 Å². The Kier molecular flexibility index (Phi) is 9.60. The zero-order valence-electron chi connectivity index (χ0n) is 37.3. The van der Waals surface area contributed by atoms with Crippen LogP contribution in [0.15, 0.2) is 229 Å². The van der Waals surface area contributed by atoms with Crippen LogP contribution in [-0.4, -0.2) is 4.57 Å². The minimum absolute atomic E-state index is 0.564. The normalized spacial score (nSPS) is 13.3. The second-order valence-electron chi connectivity index (χ2n) is 18.2. The van der Waals surface area contributed by atoms with Crippen LogP contribution in [0, 0.1) is 0 Å². The maximum Gasteiger partial charge on any atom is 0.143 e. The summed E-state index contributed by atoms with van der Waals surface area (Å²) in [5.41, 5.74) is 17.1. The molecule has 0 N–H and O–H groups in total. The molecular weight excluding hydrogens is 813 g/mol. The molecule has 13 rings (SSSR count). The highest BCUT2D eigenvalue weighted by Gasteiger charge is 2.24. The molecule has 10 aromatic carbocycles.